The predicted molar refractivity (Wildman–Crippen MR) is 102 cm³/mol. The number of carbonyl (C=O) groups excluding carboxylic acids is 1. The summed E-state index contributed by atoms with van der Waals surface area (Å²) in [5, 5.41) is 4.20. The van der Waals surface area contributed by atoms with Gasteiger partial charge in [-0.25, -0.2) is 16.3 Å². The molecule has 1 saturated heterocycles. The van der Waals surface area contributed by atoms with Crippen molar-refractivity contribution in [3.63, 3.8) is 0 Å². The highest BCUT2D eigenvalue weighted by atomic mass is 16.5. The summed E-state index contributed by atoms with van der Waals surface area (Å²) in [6.07, 6.45) is 0.652. The van der Waals surface area contributed by atoms with Crippen molar-refractivity contribution >= 4 is 11.6 Å². The van der Waals surface area contributed by atoms with E-state index in [2.05, 4.69) is 21.4 Å². The van der Waals surface area contributed by atoms with Gasteiger partial charge in [0.25, 0.3) is 5.91 Å². The van der Waals surface area contributed by atoms with E-state index in [-0.39, 0.29) is 18.0 Å². The lowest BCUT2D eigenvalue weighted by Crippen LogP contribution is -2.41. The van der Waals surface area contributed by atoms with E-state index in [4.69, 9.17) is 4.74 Å². The van der Waals surface area contributed by atoms with Crippen molar-refractivity contribution in [1.29, 1.82) is 0 Å². The SMILES string of the molecule is CCOc1ccc(C2CC(C(=O)N/N=C(\C)c3ccccc3)NN2)cc1. The molecular weight excluding hydrogens is 328 g/mol. The first-order valence-electron chi connectivity index (χ1n) is 8.80. The number of hydrogen-bond acceptors (Lipinski definition) is 5. The lowest BCUT2D eigenvalue weighted by atomic mass is 10.0. The molecule has 2 aromatic carbocycles. The Kier molecular flexibility index (Phi) is 5.99. The van der Waals surface area contributed by atoms with Gasteiger partial charge in [0, 0.05) is 6.04 Å². The molecule has 2 atom stereocenters. The van der Waals surface area contributed by atoms with E-state index >= 15 is 0 Å². The molecule has 0 spiro atoms. The van der Waals surface area contributed by atoms with Gasteiger partial charge in [-0.3, -0.25) is 4.79 Å². The number of nitrogens with one attached hydrogen (secondary N) is 3. The summed E-state index contributed by atoms with van der Waals surface area (Å²) in [7, 11) is 0. The zero-order chi connectivity index (χ0) is 18.4. The van der Waals surface area contributed by atoms with Crippen molar-refractivity contribution in [3.8, 4) is 5.75 Å². The van der Waals surface area contributed by atoms with Crippen molar-refractivity contribution < 1.29 is 9.53 Å². The number of hydrogen-bond donors (Lipinski definition) is 3. The van der Waals surface area contributed by atoms with Crippen molar-refractivity contribution in [3.05, 3.63) is 65.7 Å². The van der Waals surface area contributed by atoms with E-state index in [1.165, 1.54) is 0 Å². The second-order valence-corrected chi connectivity index (χ2v) is 6.17. The first kappa shape index (κ1) is 18.1. The van der Waals surface area contributed by atoms with Crippen LogP contribution in [-0.4, -0.2) is 24.3 Å². The van der Waals surface area contributed by atoms with Gasteiger partial charge in [-0.15, -0.1) is 0 Å². The Balaban J connectivity index is 1.55. The molecule has 0 aromatic heterocycles. The van der Waals surface area contributed by atoms with Crippen molar-refractivity contribution in [2.45, 2.75) is 32.4 Å². The molecule has 1 fully saturated rings. The van der Waals surface area contributed by atoms with Crippen LogP contribution in [0.15, 0.2) is 59.7 Å². The van der Waals surface area contributed by atoms with Crippen LogP contribution in [0.25, 0.3) is 0 Å². The van der Waals surface area contributed by atoms with E-state index in [1.54, 1.807) is 0 Å². The fraction of sp³-hybridized carbons (Fsp3) is 0.300. The molecule has 0 aliphatic carbocycles. The minimum Gasteiger partial charge on any atom is -0.494 e. The van der Waals surface area contributed by atoms with Gasteiger partial charge in [0.15, 0.2) is 0 Å². The van der Waals surface area contributed by atoms with Crippen LogP contribution in [-0.2, 0) is 4.79 Å². The average Bonchev–Trinajstić information content (AvgIpc) is 3.18. The summed E-state index contributed by atoms with van der Waals surface area (Å²) in [4.78, 5) is 12.4. The van der Waals surface area contributed by atoms with Gasteiger partial charge in [-0.05, 0) is 43.5 Å². The second kappa shape index (κ2) is 8.60. The highest BCUT2D eigenvalue weighted by molar-refractivity contribution is 5.99. The highest BCUT2D eigenvalue weighted by Crippen LogP contribution is 2.24. The summed E-state index contributed by atoms with van der Waals surface area (Å²) >= 11 is 0. The van der Waals surface area contributed by atoms with Crippen molar-refractivity contribution in [2.75, 3.05) is 6.61 Å². The lowest BCUT2D eigenvalue weighted by Gasteiger charge is -2.11. The van der Waals surface area contributed by atoms with Gasteiger partial charge in [0.1, 0.15) is 11.8 Å². The normalized spacial score (nSPS) is 20.0. The molecule has 1 amide bonds. The van der Waals surface area contributed by atoms with Crippen LogP contribution in [0.1, 0.15) is 37.4 Å². The van der Waals surface area contributed by atoms with Gasteiger partial charge < -0.3 is 4.74 Å². The molecule has 1 aliphatic heterocycles. The molecule has 6 heteroatoms. The van der Waals surface area contributed by atoms with Gasteiger partial charge in [-0.1, -0.05) is 42.5 Å². The molecule has 1 heterocycles. The minimum absolute atomic E-state index is 0.0700. The van der Waals surface area contributed by atoms with E-state index in [0.29, 0.717) is 13.0 Å². The average molecular weight is 352 g/mol. The molecule has 136 valence electrons. The molecule has 0 radical (unpaired) electrons. The van der Waals surface area contributed by atoms with Gasteiger partial charge >= 0.3 is 0 Å². The van der Waals surface area contributed by atoms with Crippen LogP contribution in [0.3, 0.4) is 0 Å². The maximum Gasteiger partial charge on any atom is 0.258 e. The quantitative estimate of drug-likeness (QED) is 0.552. The fourth-order valence-corrected chi connectivity index (χ4v) is 2.87. The monoisotopic (exact) mass is 352 g/mol. The maximum absolute atomic E-state index is 12.4. The summed E-state index contributed by atoms with van der Waals surface area (Å²) in [5.74, 6) is 0.698. The van der Waals surface area contributed by atoms with Crippen LogP contribution >= 0.6 is 0 Å². The number of hydrazine groups is 1. The molecule has 2 unspecified atom stereocenters. The van der Waals surface area contributed by atoms with E-state index < -0.39 is 0 Å². The molecular formula is C20H24N4O2. The Morgan fingerprint density at radius 2 is 1.88 bits per heavy atom. The Labute approximate surface area is 153 Å². The first-order valence-corrected chi connectivity index (χ1v) is 8.80. The molecule has 26 heavy (non-hydrogen) atoms. The summed E-state index contributed by atoms with van der Waals surface area (Å²) in [6.45, 7) is 4.48. The zero-order valence-corrected chi connectivity index (χ0v) is 15.0. The van der Waals surface area contributed by atoms with Crippen molar-refractivity contribution in [2.24, 2.45) is 5.10 Å². The maximum atomic E-state index is 12.4. The largest absolute Gasteiger partial charge is 0.494 e. The standard InChI is InChI=1S/C20H24N4O2/c1-3-26-17-11-9-16(10-12-17)18-13-19(23-22-18)20(25)24-21-14(2)15-7-5-4-6-8-15/h4-12,18-19,22-23H,3,13H2,1-2H3,(H,24,25)/b21-14+. The van der Waals surface area contributed by atoms with Crippen LogP contribution in [0.5, 0.6) is 5.75 Å². The highest BCUT2D eigenvalue weighted by Gasteiger charge is 2.30. The van der Waals surface area contributed by atoms with Crippen LogP contribution in [0.2, 0.25) is 0 Å². The number of benzene rings is 2. The Hall–Kier alpha value is -2.70. The number of ether oxygens (including phenoxy) is 1. The third kappa shape index (κ3) is 4.47. The molecule has 3 N–H and O–H groups in total. The van der Waals surface area contributed by atoms with E-state index in [0.717, 1.165) is 22.6 Å². The molecule has 2 aromatic rings. The van der Waals surface area contributed by atoms with Crippen LogP contribution in [0.4, 0.5) is 0 Å². The third-order valence-corrected chi connectivity index (χ3v) is 4.34. The Bertz CT molecular complexity index is 759. The first-order chi connectivity index (χ1) is 12.7. The molecule has 3 rings (SSSR count). The fourth-order valence-electron chi connectivity index (χ4n) is 2.87. The third-order valence-electron chi connectivity index (χ3n) is 4.34. The number of rotatable bonds is 6. The topological polar surface area (TPSA) is 74.8 Å². The smallest absolute Gasteiger partial charge is 0.258 e. The molecule has 1 aliphatic rings. The number of nitrogens with zero attached hydrogens (tertiary/aromatic N) is 1. The lowest BCUT2D eigenvalue weighted by molar-refractivity contribution is -0.122. The zero-order valence-electron chi connectivity index (χ0n) is 15.0. The van der Waals surface area contributed by atoms with E-state index in [1.807, 2.05) is 68.4 Å². The summed E-state index contributed by atoms with van der Waals surface area (Å²) in [6, 6.07) is 17.4. The Morgan fingerprint density at radius 1 is 1.15 bits per heavy atom. The Morgan fingerprint density at radius 3 is 2.58 bits per heavy atom. The molecule has 6 nitrogen and oxygen atoms in total. The number of carbonyl (C=O) groups is 1. The van der Waals surface area contributed by atoms with E-state index in [9.17, 15) is 4.79 Å². The summed E-state index contributed by atoms with van der Waals surface area (Å²) in [5.41, 5.74) is 11.7. The van der Waals surface area contributed by atoms with Crippen molar-refractivity contribution in [1.82, 2.24) is 16.3 Å². The molecule has 0 bridgehead atoms. The minimum atomic E-state index is -0.334. The number of hydrazone groups is 1. The van der Waals surface area contributed by atoms with Crippen LogP contribution in [0, 0.1) is 0 Å². The predicted octanol–water partition coefficient (Wildman–Crippen LogP) is 2.53. The van der Waals surface area contributed by atoms with Gasteiger partial charge in [0.2, 0.25) is 0 Å². The van der Waals surface area contributed by atoms with Gasteiger partial charge in [0.05, 0.1) is 12.3 Å². The summed E-state index contributed by atoms with van der Waals surface area (Å²) < 4.78 is 5.46. The van der Waals surface area contributed by atoms with Gasteiger partial charge in [-0.2, -0.15) is 5.10 Å². The second-order valence-electron chi connectivity index (χ2n) is 6.17. The van der Waals surface area contributed by atoms with Crippen LogP contribution < -0.4 is 21.0 Å². The molecule has 0 saturated carbocycles. The number of amides is 1.